The Labute approximate surface area is 192 Å². The van der Waals surface area contributed by atoms with Gasteiger partial charge in [0.2, 0.25) is 0 Å². The van der Waals surface area contributed by atoms with Crippen LogP contribution in [0.4, 0.5) is 18.9 Å². The number of nitrogens with zero attached hydrogens (tertiary/aromatic N) is 2. The van der Waals surface area contributed by atoms with Gasteiger partial charge < -0.3 is 29.4 Å². The van der Waals surface area contributed by atoms with E-state index < -0.39 is 12.7 Å². The number of hydrogen-bond donors (Lipinski definition) is 2. The molecule has 1 saturated heterocycles. The number of piperidine rings is 1. The molecule has 1 aromatic carbocycles. The molecule has 2 unspecified atom stereocenters. The maximum absolute atomic E-state index is 13.1. The van der Waals surface area contributed by atoms with Crippen molar-refractivity contribution in [3.8, 4) is 12.3 Å². The van der Waals surface area contributed by atoms with Crippen molar-refractivity contribution >= 4 is 16.6 Å². The molecule has 0 spiro atoms. The first kappa shape index (κ1) is 25.4. The Hall–Kier alpha value is -2.25. The molecule has 0 amide bonds. The SMILES string of the molecule is C#Cc1cc2c(NC3CCN(C)CC3CCOCCOCCO)cccc2n1CC(F)(F)F. The highest BCUT2D eigenvalue weighted by Crippen LogP contribution is 2.32. The number of aliphatic hydroxyl groups excluding tert-OH is 1. The molecule has 33 heavy (non-hydrogen) atoms. The Balaban J connectivity index is 1.71. The number of anilines is 1. The lowest BCUT2D eigenvalue weighted by Gasteiger charge is -2.38. The molecule has 2 atom stereocenters. The average molecular weight is 468 g/mol. The Bertz CT molecular complexity index is 939. The van der Waals surface area contributed by atoms with E-state index in [9.17, 15) is 13.2 Å². The number of aromatic nitrogens is 1. The molecule has 1 fully saturated rings. The van der Waals surface area contributed by atoms with Gasteiger partial charge in [-0.1, -0.05) is 12.0 Å². The summed E-state index contributed by atoms with van der Waals surface area (Å²) in [5.74, 6) is 2.71. The minimum absolute atomic E-state index is 0.00304. The fraction of sp³-hybridized carbons (Fsp3) is 0.583. The van der Waals surface area contributed by atoms with E-state index in [0.29, 0.717) is 43.2 Å². The first-order chi connectivity index (χ1) is 15.8. The zero-order chi connectivity index (χ0) is 23.8. The lowest BCUT2D eigenvalue weighted by molar-refractivity contribution is -0.140. The number of fused-ring (bicyclic) bond motifs is 1. The van der Waals surface area contributed by atoms with Gasteiger partial charge in [0.25, 0.3) is 0 Å². The summed E-state index contributed by atoms with van der Waals surface area (Å²) in [6.07, 6.45) is 2.92. The fourth-order valence-corrected chi connectivity index (χ4v) is 4.40. The number of nitrogens with one attached hydrogen (secondary N) is 1. The van der Waals surface area contributed by atoms with Gasteiger partial charge in [0.05, 0.1) is 37.6 Å². The van der Waals surface area contributed by atoms with E-state index >= 15 is 0 Å². The van der Waals surface area contributed by atoms with Gasteiger partial charge in [0, 0.05) is 30.3 Å². The lowest BCUT2D eigenvalue weighted by Crippen LogP contribution is -2.45. The Kier molecular flexibility index (Phi) is 9.03. The number of rotatable bonds is 11. The van der Waals surface area contributed by atoms with Crippen LogP contribution < -0.4 is 5.32 Å². The van der Waals surface area contributed by atoms with Crippen molar-refractivity contribution in [2.24, 2.45) is 5.92 Å². The Morgan fingerprint density at radius 2 is 1.97 bits per heavy atom. The molecular weight excluding hydrogens is 435 g/mol. The molecular formula is C24H32F3N3O3. The summed E-state index contributed by atoms with van der Waals surface area (Å²) in [7, 11) is 2.09. The Morgan fingerprint density at radius 1 is 1.21 bits per heavy atom. The van der Waals surface area contributed by atoms with Crippen molar-refractivity contribution in [3.63, 3.8) is 0 Å². The van der Waals surface area contributed by atoms with E-state index in [-0.39, 0.29) is 18.3 Å². The van der Waals surface area contributed by atoms with E-state index in [0.717, 1.165) is 36.2 Å². The first-order valence-corrected chi connectivity index (χ1v) is 11.2. The van der Waals surface area contributed by atoms with Crippen LogP contribution in [0.3, 0.4) is 0 Å². The summed E-state index contributed by atoms with van der Waals surface area (Å²) in [6.45, 7) is 2.54. The van der Waals surface area contributed by atoms with E-state index in [1.54, 1.807) is 18.2 Å². The molecule has 2 N–H and O–H groups in total. The van der Waals surface area contributed by atoms with Crippen molar-refractivity contribution < 1.29 is 27.8 Å². The van der Waals surface area contributed by atoms with Crippen LogP contribution in [0, 0.1) is 18.3 Å². The molecule has 182 valence electrons. The monoisotopic (exact) mass is 467 g/mol. The van der Waals surface area contributed by atoms with Crippen molar-refractivity contribution in [2.45, 2.75) is 31.6 Å². The summed E-state index contributed by atoms with van der Waals surface area (Å²) < 4.78 is 51.4. The van der Waals surface area contributed by atoms with Gasteiger partial charge in [-0.3, -0.25) is 0 Å². The van der Waals surface area contributed by atoms with Gasteiger partial charge in [-0.2, -0.15) is 13.2 Å². The molecule has 0 bridgehead atoms. The van der Waals surface area contributed by atoms with E-state index in [1.165, 1.54) is 0 Å². The van der Waals surface area contributed by atoms with Crippen molar-refractivity contribution in [1.29, 1.82) is 0 Å². The highest BCUT2D eigenvalue weighted by atomic mass is 19.4. The molecule has 6 nitrogen and oxygen atoms in total. The quantitative estimate of drug-likeness (QED) is 0.392. The molecule has 0 radical (unpaired) electrons. The van der Waals surface area contributed by atoms with Crippen molar-refractivity contribution in [2.75, 3.05) is 58.5 Å². The van der Waals surface area contributed by atoms with Crippen LogP contribution in [0.1, 0.15) is 18.5 Å². The number of hydrogen-bond acceptors (Lipinski definition) is 5. The highest BCUT2D eigenvalue weighted by Gasteiger charge is 2.31. The van der Waals surface area contributed by atoms with Crippen LogP contribution in [-0.4, -0.2) is 80.0 Å². The molecule has 2 heterocycles. The summed E-state index contributed by atoms with van der Waals surface area (Å²) in [5.41, 5.74) is 1.48. The van der Waals surface area contributed by atoms with Crippen LogP contribution in [0.15, 0.2) is 24.3 Å². The lowest BCUT2D eigenvalue weighted by atomic mass is 9.89. The minimum atomic E-state index is -4.36. The zero-order valence-electron chi connectivity index (χ0n) is 18.9. The first-order valence-electron chi connectivity index (χ1n) is 11.2. The summed E-state index contributed by atoms with van der Waals surface area (Å²) in [5, 5.41) is 13.0. The van der Waals surface area contributed by atoms with E-state index in [1.807, 2.05) is 6.07 Å². The Morgan fingerprint density at radius 3 is 2.67 bits per heavy atom. The molecule has 0 saturated carbocycles. The molecule has 1 aromatic heterocycles. The largest absolute Gasteiger partial charge is 0.406 e. The molecule has 1 aliphatic rings. The predicted molar refractivity (Wildman–Crippen MR) is 122 cm³/mol. The summed E-state index contributed by atoms with van der Waals surface area (Å²) in [6, 6.07) is 7.15. The highest BCUT2D eigenvalue weighted by molar-refractivity contribution is 5.94. The van der Waals surface area contributed by atoms with Gasteiger partial charge in [0.1, 0.15) is 6.54 Å². The van der Waals surface area contributed by atoms with Gasteiger partial charge in [-0.15, -0.1) is 6.42 Å². The van der Waals surface area contributed by atoms with Crippen molar-refractivity contribution in [3.05, 3.63) is 30.0 Å². The average Bonchev–Trinajstić information content (AvgIpc) is 3.11. The van der Waals surface area contributed by atoms with Gasteiger partial charge in [-0.25, -0.2) is 0 Å². The second-order valence-corrected chi connectivity index (χ2v) is 8.41. The van der Waals surface area contributed by atoms with Crippen LogP contribution >= 0.6 is 0 Å². The number of alkyl halides is 3. The maximum atomic E-state index is 13.1. The van der Waals surface area contributed by atoms with Crippen LogP contribution in [0.5, 0.6) is 0 Å². The standard InChI is InChI=1S/C24H32F3N3O3/c1-3-19-15-20-22(5-4-6-23(20)30(19)17-24(25,26)27)28-21-7-9-29(2)16-18(21)8-11-32-13-14-33-12-10-31/h1,4-6,15,18,21,28,31H,7-14,16-17H2,2H3. The second kappa shape index (κ2) is 11.7. The topological polar surface area (TPSA) is 58.9 Å². The fourth-order valence-electron chi connectivity index (χ4n) is 4.40. The number of ether oxygens (including phenoxy) is 2. The van der Waals surface area contributed by atoms with Gasteiger partial charge >= 0.3 is 6.18 Å². The number of terminal acetylenes is 1. The number of likely N-dealkylation sites (tertiary alicyclic amines) is 1. The third-order valence-electron chi connectivity index (χ3n) is 5.95. The number of halogens is 3. The third-order valence-corrected chi connectivity index (χ3v) is 5.95. The predicted octanol–water partition coefficient (Wildman–Crippen LogP) is 3.33. The van der Waals surface area contributed by atoms with Crippen LogP contribution in [-0.2, 0) is 16.0 Å². The van der Waals surface area contributed by atoms with E-state index in [2.05, 4.69) is 23.2 Å². The smallest absolute Gasteiger partial charge is 0.394 e. The normalized spacial score (nSPS) is 19.6. The summed E-state index contributed by atoms with van der Waals surface area (Å²) >= 11 is 0. The van der Waals surface area contributed by atoms with Crippen molar-refractivity contribution in [1.82, 2.24) is 9.47 Å². The third kappa shape index (κ3) is 7.11. The molecule has 3 rings (SSSR count). The van der Waals surface area contributed by atoms with Gasteiger partial charge in [0.15, 0.2) is 0 Å². The summed E-state index contributed by atoms with van der Waals surface area (Å²) in [4.78, 5) is 2.28. The molecule has 0 aliphatic carbocycles. The van der Waals surface area contributed by atoms with Crippen LogP contribution in [0.2, 0.25) is 0 Å². The zero-order valence-corrected chi connectivity index (χ0v) is 18.9. The molecule has 2 aromatic rings. The minimum Gasteiger partial charge on any atom is -0.394 e. The number of aliphatic hydroxyl groups is 1. The maximum Gasteiger partial charge on any atom is 0.406 e. The number of benzene rings is 1. The molecule has 9 heteroatoms. The van der Waals surface area contributed by atoms with Gasteiger partial charge in [-0.05, 0) is 50.6 Å². The second-order valence-electron chi connectivity index (χ2n) is 8.41. The van der Waals surface area contributed by atoms with Crippen LogP contribution in [0.25, 0.3) is 10.9 Å². The molecule has 1 aliphatic heterocycles. The van der Waals surface area contributed by atoms with E-state index in [4.69, 9.17) is 21.0 Å².